The van der Waals surface area contributed by atoms with E-state index in [1.165, 1.54) is 12.8 Å². The molecule has 3 rings (SSSR count). The molecule has 8 heteroatoms. The number of hydrogen-bond acceptors (Lipinski definition) is 7. The Morgan fingerprint density at radius 1 is 1.21 bits per heavy atom. The summed E-state index contributed by atoms with van der Waals surface area (Å²) in [6.07, 6.45) is 9.77. The van der Waals surface area contributed by atoms with Crippen molar-refractivity contribution in [3.8, 4) is 17.0 Å². The van der Waals surface area contributed by atoms with Gasteiger partial charge in [0.05, 0.1) is 30.1 Å². The number of benzene rings is 1. The highest BCUT2D eigenvalue weighted by Crippen LogP contribution is 2.33. The number of anilines is 1. The van der Waals surface area contributed by atoms with Crippen LogP contribution in [0.4, 0.5) is 10.6 Å². The number of hydrogen-bond donors (Lipinski definition) is 1. The second-order valence-electron chi connectivity index (χ2n) is 8.22. The van der Waals surface area contributed by atoms with Gasteiger partial charge in [-0.25, -0.2) is 4.98 Å². The molecule has 1 N–H and O–H groups in total. The molecular weight excluding hydrogens is 436 g/mol. The van der Waals surface area contributed by atoms with Crippen molar-refractivity contribution in [1.82, 2.24) is 15.3 Å². The maximum Gasteiger partial charge on any atom is 0.290 e. The summed E-state index contributed by atoms with van der Waals surface area (Å²) in [7, 11) is 1.62. The third kappa shape index (κ3) is 6.57. The van der Waals surface area contributed by atoms with Crippen LogP contribution in [0.25, 0.3) is 17.3 Å². The first-order valence-electron chi connectivity index (χ1n) is 11.4. The number of imide groups is 1. The number of carbonyl (C=O) groups is 2. The number of methoxy groups -OCH3 is 1. The summed E-state index contributed by atoms with van der Waals surface area (Å²) in [5.74, 6) is 1.86. The molecule has 33 heavy (non-hydrogen) atoms. The second kappa shape index (κ2) is 11.8. The fourth-order valence-corrected chi connectivity index (χ4v) is 4.35. The van der Waals surface area contributed by atoms with Crippen LogP contribution in [0.2, 0.25) is 0 Å². The predicted molar refractivity (Wildman–Crippen MR) is 134 cm³/mol. The van der Waals surface area contributed by atoms with Gasteiger partial charge in [0.1, 0.15) is 11.6 Å². The molecule has 1 atom stereocenters. The van der Waals surface area contributed by atoms with Crippen LogP contribution in [0.5, 0.6) is 5.75 Å². The lowest BCUT2D eigenvalue weighted by atomic mass is 10.0. The van der Waals surface area contributed by atoms with Gasteiger partial charge < -0.3 is 9.64 Å². The maximum absolute atomic E-state index is 11.9. The Morgan fingerprint density at radius 3 is 2.70 bits per heavy atom. The van der Waals surface area contributed by atoms with Gasteiger partial charge in [0, 0.05) is 18.7 Å². The molecule has 1 aromatic carbocycles. The minimum atomic E-state index is -0.378. The zero-order valence-corrected chi connectivity index (χ0v) is 20.6. The first-order chi connectivity index (χ1) is 15.9. The van der Waals surface area contributed by atoms with E-state index in [-0.39, 0.29) is 11.1 Å². The first-order valence-corrected chi connectivity index (χ1v) is 12.3. The molecule has 176 valence electrons. The lowest BCUT2D eigenvalue weighted by molar-refractivity contribution is -0.115. The van der Waals surface area contributed by atoms with Crippen LogP contribution in [-0.4, -0.2) is 41.3 Å². The number of carbonyl (C=O) groups excluding carboxylic acids is 2. The molecule has 0 aliphatic carbocycles. The average molecular weight is 469 g/mol. The third-order valence-electron chi connectivity index (χ3n) is 5.70. The van der Waals surface area contributed by atoms with Crippen LogP contribution in [-0.2, 0) is 4.79 Å². The zero-order valence-electron chi connectivity index (χ0n) is 19.8. The molecule has 0 bridgehead atoms. The van der Waals surface area contributed by atoms with E-state index in [1.807, 2.05) is 24.4 Å². The number of ether oxygens (including phenoxy) is 1. The van der Waals surface area contributed by atoms with Crippen molar-refractivity contribution in [3.63, 3.8) is 0 Å². The molecule has 2 heterocycles. The van der Waals surface area contributed by atoms with Gasteiger partial charge in [-0.05, 0) is 60.7 Å². The van der Waals surface area contributed by atoms with E-state index in [9.17, 15) is 9.59 Å². The minimum Gasteiger partial charge on any atom is -0.496 e. The lowest BCUT2D eigenvalue weighted by Crippen LogP contribution is -2.26. The quantitative estimate of drug-likeness (QED) is 0.435. The number of rotatable bonds is 11. The molecule has 1 fully saturated rings. The van der Waals surface area contributed by atoms with Gasteiger partial charge in [-0.3, -0.25) is 19.9 Å². The molecule has 1 unspecified atom stereocenters. The van der Waals surface area contributed by atoms with E-state index in [1.54, 1.807) is 19.4 Å². The summed E-state index contributed by atoms with van der Waals surface area (Å²) in [6, 6.07) is 5.59. The van der Waals surface area contributed by atoms with E-state index in [4.69, 9.17) is 9.72 Å². The first kappa shape index (κ1) is 24.8. The Balaban J connectivity index is 1.89. The van der Waals surface area contributed by atoms with Crippen molar-refractivity contribution in [1.29, 1.82) is 0 Å². The van der Waals surface area contributed by atoms with E-state index in [2.05, 4.69) is 36.0 Å². The summed E-state index contributed by atoms with van der Waals surface area (Å²) in [5.41, 5.74) is 2.27. The smallest absolute Gasteiger partial charge is 0.290 e. The monoisotopic (exact) mass is 468 g/mol. The number of amides is 2. The van der Waals surface area contributed by atoms with Crippen molar-refractivity contribution < 1.29 is 14.3 Å². The topological polar surface area (TPSA) is 84.4 Å². The lowest BCUT2D eigenvalue weighted by Gasteiger charge is -2.24. The van der Waals surface area contributed by atoms with Crippen LogP contribution < -0.4 is 15.0 Å². The van der Waals surface area contributed by atoms with Crippen molar-refractivity contribution in [2.24, 2.45) is 5.92 Å². The highest BCUT2D eigenvalue weighted by molar-refractivity contribution is 8.18. The van der Waals surface area contributed by atoms with Gasteiger partial charge in [-0.15, -0.1) is 0 Å². The van der Waals surface area contributed by atoms with Crippen molar-refractivity contribution in [3.05, 3.63) is 41.1 Å². The normalized spacial score (nSPS) is 15.6. The van der Waals surface area contributed by atoms with E-state index in [0.717, 1.165) is 60.6 Å². The second-order valence-corrected chi connectivity index (χ2v) is 9.23. The van der Waals surface area contributed by atoms with Gasteiger partial charge in [0.2, 0.25) is 0 Å². The Kier molecular flexibility index (Phi) is 8.88. The SMILES string of the molecule is CCCN(CCCC(C)CC)c1cncc(-c2cc(/C=C3\SC(=O)NC3=O)ccc2OC)n1. The van der Waals surface area contributed by atoms with Crippen LogP contribution in [0.15, 0.2) is 35.5 Å². The maximum atomic E-state index is 11.9. The molecule has 2 aromatic rings. The average Bonchev–Trinajstić information content (AvgIpc) is 3.14. The largest absolute Gasteiger partial charge is 0.496 e. The summed E-state index contributed by atoms with van der Waals surface area (Å²) in [4.78, 5) is 35.4. The third-order valence-corrected chi connectivity index (χ3v) is 6.51. The molecule has 1 aromatic heterocycles. The Labute approximate surface area is 200 Å². The Hall–Kier alpha value is -2.87. The Bertz CT molecular complexity index is 1020. The molecule has 1 saturated heterocycles. The van der Waals surface area contributed by atoms with Crippen LogP contribution in [0, 0.1) is 5.92 Å². The summed E-state index contributed by atoms with van der Waals surface area (Å²) < 4.78 is 5.57. The highest BCUT2D eigenvalue weighted by Gasteiger charge is 2.25. The van der Waals surface area contributed by atoms with Gasteiger partial charge in [-0.2, -0.15) is 0 Å². The molecule has 2 amide bonds. The predicted octanol–water partition coefficient (Wildman–Crippen LogP) is 5.52. The minimum absolute atomic E-state index is 0.358. The molecule has 1 aliphatic heterocycles. The molecule has 0 radical (unpaired) electrons. The zero-order chi connectivity index (χ0) is 23.8. The fourth-order valence-electron chi connectivity index (χ4n) is 3.67. The van der Waals surface area contributed by atoms with Gasteiger partial charge >= 0.3 is 0 Å². The highest BCUT2D eigenvalue weighted by atomic mass is 32.2. The fraction of sp³-hybridized carbons (Fsp3) is 0.440. The van der Waals surface area contributed by atoms with Crippen molar-refractivity contribution in [2.75, 3.05) is 25.1 Å². The van der Waals surface area contributed by atoms with Crippen LogP contribution >= 0.6 is 11.8 Å². The van der Waals surface area contributed by atoms with Crippen LogP contribution in [0.1, 0.15) is 52.0 Å². The van der Waals surface area contributed by atoms with E-state index < -0.39 is 0 Å². The number of nitrogens with one attached hydrogen (secondary N) is 1. The molecular formula is C25H32N4O3S. The van der Waals surface area contributed by atoms with E-state index in [0.29, 0.717) is 16.3 Å². The molecule has 0 spiro atoms. The van der Waals surface area contributed by atoms with Crippen molar-refractivity contribution >= 4 is 34.8 Å². The standard InChI is InChI=1S/C25H32N4O3S/c1-5-11-29(12-7-8-17(3)6-2)23-16-26-15-20(27-23)19-13-18(9-10-21(19)32-4)14-22-24(30)28-25(31)33-22/h9-10,13-17H,5-8,11-12H2,1-4H3,(H,28,30,31)/b22-14-. The van der Waals surface area contributed by atoms with Gasteiger partial charge in [0.15, 0.2) is 0 Å². The van der Waals surface area contributed by atoms with Crippen molar-refractivity contribution in [2.45, 2.75) is 46.5 Å². The van der Waals surface area contributed by atoms with Gasteiger partial charge in [-0.1, -0.05) is 33.3 Å². The molecule has 1 aliphatic rings. The number of thioether (sulfide) groups is 1. The number of aromatic nitrogens is 2. The van der Waals surface area contributed by atoms with Gasteiger partial charge in [0.25, 0.3) is 11.1 Å². The number of nitrogens with zero attached hydrogens (tertiary/aromatic N) is 3. The summed E-state index contributed by atoms with van der Waals surface area (Å²) in [5, 5.41) is 1.92. The van der Waals surface area contributed by atoms with Crippen LogP contribution in [0.3, 0.4) is 0 Å². The molecule has 7 nitrogen and oxygen atoms in total. The Morgan fingerprint density at radius 2 is 2.03 bits per heavy atom. The van der Waals surface area contributed by atoms with E-state index >= 15 is 0 Å². The molecule has 0 saturated carbocycles. The summed E-state index contributed by atoms with van der Waals surface area (Å²) >= 11 is 0.899. The summed E-state index contributed by atoms with van der Waals surface area (Å²) in [6.45, 7) is 8.56.